The van der Waals surface area contributed by atoms with Crippen LogP contribution in [0, 0.1) is 6.92 Å². The Hall–Kier alpha value is -2.35. The minimum Gasteiger partial charge on any atom is -0.462 e. The van der Waals surface area contributed by atoms with Gasteiger partial charge in [-0.1, -0.05) is 29.3 Å². The molecule has 1 aliphatic rings. The second kappa shape index (κ2) is 8.41. The van der Waals surface area contributed by atoms with Gasteiger partial charge in [-0.25, -0.2) is 9.78 Å². The monoisotopic (exact) mass is 448 g/mol. The van der Waals surface area contributed by atoms with Gasteiger partial charge in [0.15, 0.2) is 5.65 Å². The zero-order chi connectivity index (χ0) is 21.4. The van der Waals surface area contributed by atoms with E-state index in [2.05, 4.69) is 15.0 Å². The first-order chi connectivity index (χ1) is 14.4. The van der Waals surface area contributed by atoms with Crippen LogP contribution in [0.2, 0.25) is 10.0 Å². The molecule has 7 nitrogen and oxygen atoms in total. The van der Waals surface area contributed by atoms with E-state index in [0.717, 1.165) is 22.3 Å². The first kappa shape index (κ1) is 20.9. The second-order valence-corrected chi connectivity index (χ2v) is 7.94. The number of pyridine rings is 1. The summed E-state index contributed by atoms with van der Waals surface area (Å²) in [7, 11) is 1.84. The number of morpholine rings is 1. The highest BCUT2D eigenvalue weighted by molar-refractivity contribution is 6.42. The lowest BCUT2D eigenvalue weighted by molar-refractivity contribution is 0.0393. The fourth-order valence-corrected chi connectivity index (χ4v) is 4.15. The van der Waals surface area contributed by atoms with Crippen LogP contribution in [-0.4, -0.2) is 47.0 Å². The molecule has 1 atom stereocenters. The maximum absolute atomic E-state index is 12.7. The number of fused-ring (bicyclic) bond motifs is 1. The molecule has 1 fully saturated rings. The smallest absolute Gasteiger partial charge is 0.341 e. The topological polar surface area (TPSA) is 69.5 Å². The highest BCUT2D eigenvalue weighted by Gasteiger charge is 2.29. The molecule has 3 heterocycles. The van der Waals surface area contributed by atoms with Gasteiger partial charge in [0.05, 0.1) is 40.0 Å². The number of halogens is 2. The van der Waals surface area contributed by atoms with Gasteiger partial charge in [-0.15, -0.1) is 0 Å². The van der Waals surface area contributed by atoms with Crippen LogP contribution in [0.1, 0.15) is 34.6 Å². The van der Waals surface area contributed by atoms with Gasteiger partial charge >= 0.3 is 5.97 Å². The SMILES string of the molecule is CCOC(=O)c1cnc2c(c(C)nn2C)c1N1CCOC(c2ccc(Cl)c(Cl)c2)C1. The molecule has 9 heteroatoms. The Morgan fingerprint density at radius 3 is 2.87 bits per heavy atom. The quantitative estimate of drug-likeness (QED) is 0.552. The van der Waals surface area contributed by atoms with Crippen LogP contribution >= 0.6 is 23.2 Å². The van der Waals surface area contributed by atoms with Crippen molar-refractivity contribution in [2.45, 2.75) is 20.0 Å². The molecule has 0 N–H and O–H groups in total. The van der Waals surface area contributed by atoms with Crippen molar-refractivity contribution in [3.05, 3.63) is 51.3 Å². The molecule has 0 saturated carbocycles. The van der Waals surface area contributed by atoms with Crippen molar-refractivity contribution in [2.24, 2.45) is 7.05 Å². The van der Waals surface area contributed by atoms with E-state index >= 15 is 0 Å². The van der Waals surface area contributed by atoms with Crippen molar-refractivity contribution in [2.75, 3.05) is 31.2 Å². The van der Waals surface area contributed by atoms with Gasteiger partial charge in [-0.2, -0.15) is 5.10 Å². The van der Waals surface area contributed by atoms with Gasteiger partial charge in [0, 0.05) is 26.3 Å². The molecule has 0 amide bonds. The Morgan fingerprint density at radius 1 is 1.33 bits per heavy atom. The number of nitrogens with zero attached hydrogens (tertiary/aromatic N) is 4. The van der Waals surface area contributed by atoms with Gasteiger partial charge in [-0.05, 0) is 31.5 Å². The molecule has 158 valence electrons. The van der Waals surface area contributed by atoms with Gasteiger partial charge in [-0.3, -0.25) is 4.68 Å². The van der Waals surface area contributed by atoms with Crippen LogP contribution in [0.5, 0.6) is 0 Å². The molecule has 30 heavy (non-hydrogen) atoms. The number of carbonyl (C=O) groups excluding carboxylic acids is 1. The van der Waals surface area contributed by atoms with Gasteiger partial charge < -0.3 is 14.4 Å². The zero-order valence-electron chi connectivity index (χ0n) is 17.0. The van der Waals surface area contributed by atoms with Crippen molar-refractivity contribution >= 4 is 45.9 Å². The fraction of sp³-hybridized carbons (Fsp3) is 0.381. The molecule has 4 rings (SSSR count). The number of hydrogen-bond acceptors (Lipinski definition) is 6. The highest BCUT2D eigenvalue weighted by atomic mass is 35.5. The Balaban J connectivity index is 1.79. The van der Waals surface area contributed by atoms with E-state index in [1.54, 1.807) is 23.9 Å². The Kier molecular flexibility index (Phi) is 5.86. The molecule has 1 aromatic carbocycles. The summed E-state index contributed by atoms with van der Waals surface area (Å²) in [6.45, 7) is 5.65. The maximum Gasteiger partial charge on any atom is 0.341 e. The normalized spacial score (nSPS) is 16.8. The molecule has 0 radical (unpaired) electrons. The molecule has 3 aromatic rings. The van der Waals surface area contributed by atoms with Crippen molar-refractivity contribution in [3.63, 3.8) is 0 Å². The molecular formula is C21H22Cl2N4O3. The summed E-state index contributed by atoms with van der Waals surface area (Å²) in [5.74, 6) is -0.400. The van der Waals surface area contributed by atoms with E-state index in [1.807, 2.05) is 26.1 Å². The lowest BCUT2D eigenvalue weighted by Gasteiger charge is -2.36. The standard InChI is InChI=1S/C21H22Cl2N4O3/c1-4-29-21(28)14-10-24-20-18(12(2)25-26(20)3)19(14)27-7-8-30-17(11-27)13-5-6-15(22)16(23)9-13/h5-6,9-10,17H,4,7-8,11H2,1-3H3. The van der Waals surface area contributed by atoms with Gasteiger partial charge in [0.1, 0.15) is 11.7 Å². The summed E-state index contributed by atoms with van der Waals surface area (Å²) in [4.78, 5) is 19.3. The van der Waals surface area contributed by atoms with E-state index in [-0.39, 0.29) is 12.7 Å². The third-order valence-electron chi connectivity index (χ3n) is 5.19. The first-order valence-electron chi connectivity index (χ1n) is 9.71. The van der Waals surface area contributed by atoms with E-state index in [1.165, 1.54) is 0 Å². The highest BCUT2D eigenvalue weighted by Crippen LogP contribution is 2.36. The number of rotatable bonds is 4. The summed E-state index contributed by atoms with van der Waals surface area (Å²) < 4.78 is 13.0. The fourth-order valence-electron chi connectivity index (χ4n) is 3.85. The Morgan fingerprint density at radius 2 is 2.13 bits per heavy atom. The Bertz CT molecular complexity index is 1120. The third kappa shape index (κ3) is 3.73. The number of aryl methyl sites for hydroxylation is 2. The zero-order valence-corrected chi connectivity index (χ0v) is 18.5. The molecule has 1 unspecified atom stereocenters. The van der Waals surface area contributed by atoms with E-state index < -0.39 is 5.97 Å². The minimum absolute atomic E-state index is 0.219. The molecule has 0 bridgehead atoms. The average Bonchev–Trinajstić information content (AvgIpc) is 3.03. The number of anilines is 1. The van der Waals surface area contributed by atoms with E-state index in [4.69, 9.17) is 32.7 Å². The minimum atomic E-state index is -0.400. The van der Waals surface area contributed by atoms with Crippen LogP contribution in [0.15, 0.2) is 24.4 Å². The maximum atomic E-state index is 12.7. The van der Waals surface area contributed by atoms with Crippen LogP contribution in [0.3, 0.4) is 0 Å². The number of ether oxygens (including phenoxy) is 2. The lowest BCUT2D eigenvalue weighted by Crippen LogP contribution is -2.39. The second-order valence-electron chi connectivity index (χ2n) is 7.13. The average molecular weight is 449 g/mol. The number of esters is 1. The molecule has 2 aromatic heterocycles. The lowest BCUT2D eigenvalue weighted by atomic mass is 10.0. The van der Waals surface area contributed by atoms with E-state index in [9.17, 15) is 4.79 Å². The van der Waals surface area contributed by atoms with Crippen LogP contribution < -0.4 is 4.90 Å². The first-order valence-corrected chi connectivity index (χ1v) is 10.5. The number of carbonyl (C=O) groups is 1. The van der Waals surface area contributed by atoms with Crippen LogP contribution in [0.25, 0.3) is 11.0 Å². The largest absolute Gasteiger partial charge is 0.462 e. The predicted molar refractivity (Wildman–Crippen MR) is 117 cm³/mol. The number of aromatic nitrogens is 3. The summed E-state index contributed by atoms with van der Waals surface area (Å²) in [6.07, 6.45) is 1.35. The summed E-state index contributed by atoms with van der Waals surface area (Å²) in [5, 5.41) is 6.33. The van der Waals surface area contributed by atoms with Crippen LogP contribution in [0.4, 0.5) is 5.69 Å². The number of benzene rings is 1. The number of hydrogen-bond donors (Lipinski definition) is 0. The van der Waals surface area contributed by atoms with E-state index in [0.29, 0.717) is 41.0 Å². The van der Waals surface area contributed by atoms with Crippen molar-refractivity contribution in [1.82, 2.24) is 14.8 Å². The predicted octanol–water partition coefficient (Wildman–Crippen LogP) is 4.34. The molecular weight excluding hydrogens is 427 g/mol. The Labute approximate surface area is 184 Å². The molecule has 1 aliphatic heterocycles. The molecule has 0 aliphatic carbocycles. The molecule has 1 saturated heterocycles. The van der Waals surface area contributed by atoms with Crippen molar-refractivity contribution < 1.29 is 14.3 Å². The van der Waals surface area contributed by atoms with Crippen molar-refractivity contribution in [1.29, 1.82) is 0 Å². The molecule has 0 spiro atoms. The van der Waals surface area contributed by atoms with Crippen molar-refractivity contribution in [3.8, 4) is 0 Å². The van der Waals surface area contributed by atoms with Gasteiger partial charge in [0.25, 0.3) is 0 Å². The summed E-state index contributed by atoms with van der Waals surface area (Å²) >= 11 is 12.3. The van der Waals surface area contributed by atoms with Gasteiger partial charge in [0.2, 0.25) is 0 Å². The van der Waals surface area contributed by atoms with Crippen LogP contribution in [-0.2, 0) is 16.5 Å². The summed E-state index contributed by atoms with van der Waals surface area (Å²) in [5.41, 5.74) is 3.65. The summed E-state index contributed by atoms with van der Waals surface area (Å²) in [6, 6.07) is 5.50. The third-order valence-corrected chi connectivity index (χ3v) is 5.93.